The minimum atomic E-state index is 0.167. The number of nitrogens with zero attached hydrogens (tertiary/aromatic N) is 1. The third kappa shape index (κ3) is 1.92. The van der Waals surface area contributed by atoms with Gasteiger partial charge < -0.3 is 14.8 Å². The Morgan fingerprint density at radius 3 is 2.71 bits per heavy atom. The molecule has 3 aromatic rings. The molecule has 2 aromatic carbocycles. The lowest BCUT2D eigenvalue weighted by Gasteiger charge is -1.98. The van der Waals surface area contributed by atoms with Crippen molar-refractivity contribution >= 4 is 22.8 Å². The van der Waals surface area contributed by atoms with E-state index < -0.39 is 0 Å². The highest BCUT2D eigenvalue weighted by Gasteiger charge is 2.06. The maximum absolute atomic E-state index is 9.32. The van der Waals surface area contributed by atoms with Gasteiger partial charge in [0.25, 0.3) is 6.01 Å². The Balaban J connectivity index is 1.96. The highest BCUT2D eigenvalue weighted by atomic mass is 16.4. The fourth-order valence-corrected chi connectivity index (χ4v) is 1.61. The lowest BCUT2D eigenvalue weighted by molar-refractivity contribution is 0.474. The van der Waals surface area contributed by atoms with Gasteiger partial charge >= 0.3 is 0 Å². The smallest absolute Gasteiger partial charge is 0.300 e. The largest absolute Gasteiger partial charge is 0.508 e. The molecule has 0 bridgehead atoms. The summed E-state index contributed by atoms with van der Waals surface area (Å²) in [6, 6.07) is 14.9. The van der Waals surface area contributed by atoms with Crippen molar-refractivity contribution < 1.29 is 9.52 Å². The van der Waals surface area contributed by atoms with Crippen LogP contribution in [-0.4, -0.2) is 10.1 Å². The molecule has 0 atom stereocenters. The topological polar surface area (TPSA) is 58.3 Å². The van der Waals surface area contributed by atoms with Crippen LogP contribution in [0.2, 0.25) is 0 Å². The first-order valence-electron chi connectivity index (χ1n) is 5.23. The van der Waals surface area contributed by atoms with Crippen LogP contribution >= 0.6 is 0 Å². The maximum atomic E-state index is 9.32. The number of rotatable bonds is 2. The summed E-state index contributed by atoms with van der Waals surface area (Å²) in [4.78, 5) is 4.26. The minimum absolute atomic E-state index is 0.167. The predicted molar refractivity (Wildman–Crippen MR) is 65.4 cm³/mol. The van der Waals surface area contributed by atoms with Crippen LogP contribution in [0.4, 0.5) is 11.7 Å². The molecule has 0 aliphatic heterocycles. The van der Waals surface area contributed by atoms with Crippen molar-refractivity contribution in [3.63, 3.8) is 0 Å². The monoisotopic (exact) mass is 226 g/mol. The fourth-order valence-electron chi connectivity index (χ4n) is 1.61. The molecule has 1 heterocycles. The van der Waals surface area contributed by atoms with Gasteiger partial charge in [-0.2, -0.15) is 4.98 Å². The van der Waals surface area contributed by atoms with Gasteiger partial charge in [0.1, 0.15) is 11.3 Å². The highest BCUT2D eigenvalue weighted by Crippen LogP contribution is 2.24. The summed E-state index contributed by atoms with van der Waals surface area (Å²) in [6.07, 6.45) is 0. The Kier molecular flexibility index (Phi) is 2.19. The zero-order chi connectivity index (χ0) is 11.7. The Hall–Kier alpha value is -2.49. The third-order valence-electron chi connectivity index (χ3n) is 2.40. The van der Waals surface area contributed by atoms with Gasteiger partial charge in [-0.3, -0.25) is 0 Å². The van der Waals surface area contributed by atoms with E-state index in [1.807, 2.05) is 30.3 Å². The summed E-state index contributed by atoms with van der Waals surface area (Å²) in [5.74, 6) is 0.167. The summed E-state index contributed by atoms with van der Waals surface area (Å²) in [7, 11) is 0. The van der Waals surface area contributed by atoms with Gasteiger partial charge in [0.15, 0.2) is 5.58 Å². The molecule has 0 saturated heterocycles. The van der Waals surface area contributed by atoms with Gasteiger partial charge in [-0.05, 0) is 24.3 Å². The van der Waals surface area contributed by atoms with Crippen LogP contribution in [-0.2, 0) is 0 Å². The fraction of sp³-hybridized carbons (Fsp3) is 0. The SMILES string of the molecule is Oc1ccc2nc(Nc3ccccc3)oc2c1. The first-order chi connectivity index (χ1) is 8.31. The molecule has 0 radical (unpaired) electrons. The number of aromatic hydroxyl groups is 1. The molecular formula is C13H10N2O2. The van der Waals surface area contributed by atoms with E-state index in [1.54, 1.807) is 18.2 Å². The number of benzene rings is 2. The molecule has 3 rings (SSSR count). The van der Waals surface area contributed by atoms with Crippen LogP contribution in [0.5, 0.6) is 5.75 Å². The molecular weight excluding hydrogens is 216 g/mol. The number of nitrogens with one attached hydrogen (secondary N) is 1. The molecule has 17 heavy (non-hydrogen) atoms. The van der Waals surface area contributed by atoms with E-state index in [0.29, 0.717) is 17.1 Å². The average molecular weight is 226 g/mol. The molecule has 4 heteroatoms. The van der Waals surface area contributed by atoms with Crippen LogP contribution in [0.15, 0.2) is 52.9 Å². The van der Waals surface area contributed by atoms with Gasteiger partial charge in [-0.1, -0.05) is 18.2 Å². The number of anilines is 2. The van der Waals surface area contributed by atoms with E-state index in [2.05, 4.69) is 10.3 Å². The van der Waals surface area contributed by atoms with Gasteiger partial charge in [-0.25, -0.2) is 0 Å². The number of aromatic nitrogens is 1. The number of hydrogen-bond acceptors (Lipinski definition) is 4. The molecule has 2 N–H and O–H groups in total. The van der Waals surface area contributed by atoms with Crippen molar-refractivity contribution in [3.8, 4) is 5.75 Å². The number of hydrogen-bond donors (Lipinski definition) is 2. The second-order valence-electron chi connectivity index (χ2n) is 3.66. The van der Waals surface area contributed by atoms with Gasteiger partial charge in [0.2, 0.25) is 0 Å². The standard InChI is InChI=1S/C13H10N2O2/c16-10-6-7-11-12(8-10)17-13(15-11)14-9-4-2-1-3-5-9/h1-8,16H,(H,14,15). The second kappa shape index (κ2) is 3.83. The Morgan fingerprint density at radius 2 is 1.88 bits per heavy atom. The molecule has 0 aliphatic carbocycles. The van der Waals surface area contributed by atoms with Gasteiger partial charge in [0, 0.05) is 11.8 Å². The van der Waals surface area contributed by atoms with Crippen LogP contribution in [0.3, 0.4) is 0 Å². The number of oxazole rings is 1. The lowest BCUT2D eigenvalue weighted by atomic mass is 10.3. The normalized spacial score (nSPS) is 10.6. The predicted octanol–water partition coefficient (Wildman–Crippen LogP) is 3.28. The zero-order valence-corrected chi connectivity index (χ0v) is 8.92. The maximum Gasteiger partial charge on any atom is 0.300 e. The molecule has 0 amide bonds. The number of phenolic OH excluding ortho intramolecular Hbond substituents is 1. The Labute approximate surface area is 97.5 Å². The number of fused-ring (bicyclic) bond motifs is 1. The molecule has 0 aliphatic rings. The molecule has 0 saturated carbocycles. The summed E-state index contributed by atoms with van der Waals surface area (Å²) in [5, 5.41) is 12.4. The van der Waals surface area contributed by atoms with Crippen molar-refractivity contribution in [1.82, 2.24) is 4.98 Å². The molecule has 0 fully saturated rings. The molecule has 0 unspecified atom stereocenters. The van der Waals surface area contributed by atoms with Crippen molar-refractivity contribution in [2.45, 2.75) is 0 Å². The summed E-state index contributed by atoms with van der Waals surface area (Å²) < 4.78 is 5.47. The summed E-state index contributed by atoms with van der Waals surface area (Å²) >= 11 is 0. The molecule has 4 nitrogen and oxygen atoms in total. The van der Waals surface area contributed by atoms with Crippen LogP contribution in [0.25, 0.3) is 11.1 Å². The van der Waals surface area contributed by atoms with Crippen molar-refractivity contribution in [3.05, 3.63) is 48.5 Å². The van der Waals surface area contributed by atoms with Crippen molar-refractivity contribution in [2.75, 3.05) is 5.32 Å². The Bertz CT molecular complexity index is 647. The van der Waals surface area contributed by atoms with Gasteiger partial charge in [-0.15, -0.1) is 0 Å². The van der Waals surface area contributed by atoms with Crippen LogP contribution < -0.4 is 5.32 Å². The lowest BCUT2D eigenvalue weighted by Crippen LogP contribution is -1.88. The van der Waals surface area contributed by atoms with E-state index in [-0.39, 0.29) is 5.75 Å². The first kappa shape index (κ1) is 9.72. The molecule has 0 spiro atoms. The van der Waals surface area contributed by atoms with E-state index in [4.69, 9.17) is 4.42 Å². The zero-order valence-electron chi connectivity index (χ0n) is 8.92. The average Bonchev–Trinajstić information content (AvgIpc) is 2.71. The summed E-state index contributed by atoms with van der Waals surface area (Å²) in [6.45, 7) is 0. The molecule has 1 aromatic heterocycles. The second-order valence-corrected chi connectivity index (χ2v) is 3.66. The van der Waals surface area contributed by atoms with Crippen molar-refractivity contribution in [1.29, 1.82) is 0 Å². The highest BCUT2D eigenvalue weighted by molar-refractivity contribution is 5.76. The summed E-state index contributed by atoms with van der Waals surface area (Å²) in [5.41, 5.74) is 2.17. The molecule has 84 valence electrons. The van der Waals surface area contributed by atoms with E-state index in [9.17, 15) is 5.11 Å². The first-order valence-corrected chi connectivity index (χ1v) is 5.23. The third-order valence-corrected chi connectivity index (χ3v) is 2.40. The van der Waals surface area contributed by atoms with Gasteiger partial charge in [0.05, 0.1) is 0 Å². The Morgan fingerprint density at radius 1 is 1.06 bits per heavy atom. The number of phenols is 1. The quantitative estimate of drug-likeness (QED) is 0.704. The van der Waals surface area contributed by atoms with E-state index in [1.165, 1.54) is 0 Å². The van der Waals surface area contributed by atoms with E-state index in [0.717, 1.165) is 5.69 Å². The van der Waals surface area contributed by atoms with Crippen molar-refractivity contribution in [2.24, 2.45) is 0 Å². The van der Waals surface area contributed by atoms with Crippen LogP contribution in [0.1, 0.15) is 0 Å². The minimum Gasteiger partial charge on any atom is -0.508 e. The van der Waals surface area contributed by atoms with E-state index >= 15 is 0 Å². The van der Waals surface area contributed by atoms with Crippen LogP contribution in [0, 0.1) is 0 Å². The number of para-hydroxylation sites is 1.